The zero-order valence-corrected chi connectivity index (χ0v) is 10.3. The number of morpholine rings is 1. The number of ketones is 1. The summed E-state index contributed by atoms with van der Waals surface area (Å²) in [4.78, 5) is 25.7. The van der Waals surface area contributed by atoms with Crippen LogP contribution in [0, 0.1) is 0 Å². The third-order valence-corrected chi connectivity index (χ3v) is 3.17. The summed E-state index contributed by atoms with van der Waals surface area (Å²) in [6.45, 7) is 2.01. The van der Waals surface area contributed by atoms with Crippen molar-refractivity contribution in [1.29, 1.82) is 0 Å². The molecule has 6 nitrogen and oxygen atoms in total. The normalized spacial score (nSPS) is 19.7. The SMILES string of the molecule is O=C(CC1COCCN1)c1ccc2oc(=O)[nH]c2c1. The average molecular weight is 262 g/mol. The molecule has 19 heavy (non-hydrogen) atoms. The molecule has 100 valence electrons. The van der Waals surface area contributed by atoms with Crippen LogP contribution in [0.3, 0.4) is 0 Å². The molecule has 1 aromatic heterocycles. The van der Waals surface area contributed by atoms with E-state index < -0.39 is 5.76 Å². The fourth-order valence-electron chi connectivity index (χ4n) is 2.22. The van der Waals surface area contributed by atoms with E-state index in [4.69, 9.17) is 9.15 Å². The van der Waals surface area contributed by atoms with Crippen molar-refractivity contribution in [3.63, 3.8) is 0 Å². The molecule has 1 fully saturated rings. The Labute approximate surface area is 108 Å². The van der Waals surface area contributed by atoms with Crippen LogP contribution in [0.2, 0.25) is 0 Å². The van der Waals surface area contributed by atoms with Gasteiger partial charge in [-0.1, -0.05) is 0 Å². The highest BCUT2D eigenvalue weighted by molar-refractivity contribution is 5.98. The summed E-state index contributed by atoms with van der Waals surface area (Å²) in [7, 11) is 0. The topological polar surface area (TPSA) is 84.3 Å². The minimum atomic E-state index is -0.512. The Kier molecular flexibility index (Phi) is 3.18. The van der Waals surface area contributed by atoms with Gasteiger partial charge in [-0.2, -0.15) is 0 Å². The first-order chi connectivity index (χ1) is 9.22. The Morgan fingerprint density at radius 2 is 2.32 bits per heavy atom. The van der Waals surface area contributed by atoms with Gasteiger partial charge in [-0.05, 0) is 18.2 Å². The number of benzene rings is 1. The Bertz CT molecular complexity index is 652. The number of hydrogen-bond donors (Lipinski definition) is 2. The number of rotatable bonds is 3. The van der Waals surface area contributed by atoms with Crippen LogP contribution in [0.5, 0.6) is 0 Å². The molecule has 6 heteroatoms. The van der Waals surface area contributed by atoms with Crippen LogP contribution in [-0.2, 0) is 4.74 Å². The van der Waals surface area contributed by atoms with Crippen molar-refractivity contribution in [3.8, 4) is 0 Å². The van der Waals surface area contributed by atoms with E-state index in [0.29, 0.717) is 36.3 Å². The summed E-state index contributed by atoms with van der Waals surface area (Å²) in [6.07, 6.45) is 0.383. The van der Waals surface area contributed by atoms with E-state index in [1.807, 2.05) is 0 Å². The van der Waals surface area contributed by atoms with Gasteiger partial charge in [0.1, 0.15) is 0 Å². The standard InChI is InChI=1S/C13H14N2O4/c16-11(6-9-7-18-4-3-14-9)8-1-2-12-10(5-8)15-13(17)19-12/h1-2,5,9,14H,3-4,6-7H2,(H,15,17). The fourth-order valence-corrected chi connectivity index (χ4v) is 2.22. The summed E-state index contributed by atoms with van der Waals surface area (Å²) in [5.41, 5.74) is 1.57. The van der Waals surface area contributed by atoms with Crippen molar-refractivity contribution < 1.29 is 13.9 Å². The van der Waals surface area contributed by atoms with Crippen molar-refractivity contribution in [2.24, 2.45) is 0 Å². The highest BCUT2D eigenvalue weighted by atomic mass is 16.5. The third kappa shape index (κ3) is 2.59. The maximum absolute atomic E-state index is 12.1. The Hall–Kier alpha value is -1.92. The van der Waals surface area contributed by atoms with Crippen LogP contribution in [0.1, 0.15) is 16.8 Å². The van der Waals surface area contributed by atoms with Crippen LogP contribution < -0.4 is 11.1 Å². The highest BCUT2D eigenvalue weighted by Gasteiger charge is 2.18. The molecule has 3 rings (SSSR count). The second-order valence-corrected chi connectivity index (χ2v) is 4.58. The molecule has 0 bridgehead atoms. The van der Waals surface area contributed by atoms with Gasteiger partial charge < -0.3 is 14.5 Å². The maximum atomic E-state index is 12.1. The van der Waals surface area contributed by atoms with E-state index in [0.717, 1.165) is 6.54 Å². The van der Waals surface area contributed by atoms with Gasteiger partial charge in [-0.25, -0.2) is 4.79 Å². The summed E-state index contributed by atoms with van der Waals surface area (Å²) in [6, 6.07) is 5.00. The molecular weight excluding hydrogens is 248 g/mol. The maximum Gasteiger partial charge on any atom is 0.417 e. The number of Topliss-reactive ketones (excluding diaryl/α,β-unsaturated/α-hetero) is 1. The number of carbonyl (C=O) groups excluding carboxylic acids is 1. The number of nitrogens with one attached hydrogen (secondary N) is 2. The smallest absolute Gasteiger partial charge is 0.408 e. The van der Waals surface area contributed by atoms with Crippen LogP contribution in [-0.4, -0.2) is 36.6 Å². The van der Waals surface area contributed by atoms with Crippen molar-refractivity contribution in [3.05, 3.63) is 34.3 Å². The number of H-pyrrole nitrogens is 1. The van der Waals surface area contributed by atoms with Gasteiger partial charge in [0.25, 0.3) is 0 Å². The highest BCUT2D eigenvalue weighted by Crippen LogP contribution is 2.14. The molecule has 2 heterocycles. The molecule has 2 aromatic rings. The van der Waals surface area contributed by atoms with Crippen molar-refractivity contribution in [2.75, 3.05) is 19.8 Å². The minimum Gasteiger partial charge on any atom is -0.408 e. The van der Waals surface area contributed by atoms with Gasteiger partial charge in [-0.15, -0.1) is 0 Å². The number of hydrogen-bond acceptors (Lipinski definition) is 5. The summed E-state index contributed by atoms with van der Waals surface area (Å²) in [5, 5.41) is 3.24. The average Bonchev–Trinajstić information content (AvgIpc) is 2.78. The van der Waals surface area contributed by atoms with E-state index in [2.05, 4.69) is 10.3 Å². The number of oxazole rings is 1. The number of carbonyl (C=O) groups is 1. The molecule has 0 radical (unpaired) electrons. The van der Waals surface area contributed by atoms with Crippen molar-refractivity contribution >= 4 is 16.9 Å². The lowest BCUT2D eigenvalue weighted by Gasteiger charge is -2.23. The van der Waals surface area contributed by atoms with E-state index in [-0.39, 0.29) is 11.8 Å². The molecule has 0 amide bonds. The number of aromatic nitrogens is 1. The molecule has 1 aromatic carbocycles. The molecular formula is C13H14N2O4. The minimum absolute atomic E-state index is 0.0203. The number of fused-ring (bicyclic) bond motifs is 1. The van der Waals surface area contributed by atoms with E-state index in [1.165, 1.54) is 0 Å². The lowest BCUT2D eigenvalue weighted by molar-refractivity contribution is 0.0676. The molecule has 1 atom stereocenters. The zero-order chi connectivity index (χ0) is 13.2. The van der Waals surface area contributed by atoms with E-state index in [1.54, 1.807) is 18.2 Å². The Morgan fingerprint density at radius 3 is 3.11 bits per heavy atom. The van der Waals surface area contributed by atoms with Gasteiger partial charge in [0.2, 0.25) is 0 Å². The van der Waals surface area contributed by atoms with Gasteiger partial charge in [0, 0.05) is 24.6 Å². The molecule has 1 aliphatic heterocycles. The van der Waals surface area contributed by atoms with Gasteiger partial charge in [0.05, 0.1) is 18.7 Å². The lowest BCUT2D eigenvalue weighted by Crippen LogP contribution is -2.42. The second kappa shape index (κ2) is 4.99. The Balaban J connectivity index is 1.78. The molecule has 1 aliphatic rings. The Morgan fingerprint density at radius 1 is 1.42 bits per heavy atom. The second-order valence-electron chi connectivity index (χ2n) is 4.58. The van der Waals surface area contributed by atoms with Crippen LogP contribution in [0.25, 0.3) is 11.1 Å². The predicted molar refractivity (Wildman–Crippen MR) is 68.4 cm³/mol. The quantitative estimate of drug-likeness (QED) is 0.795. The van der Waals surface area contributed by atoms with Crippen molar-refractivity contribution in [1.82, 2.24) is 10.3 Å². The van der Waals surface area contributed by atoms with Gasteiger partial charge in [0.15, 0.2) is 11.4 Å². The first-order valence-electron chi connectivity index (χ1n) is 6.19. The summed E-state index contributed by atoms with van der Waals surface area (Å²) < 4.78 is 10.2. The molecule has 0 saturated carbocycles. The van der Waals surface area contributed by atoms with Crippen LogP contribution in [0.15, 0.2) is 27.4 Å². The molecule has 0 spiro atoms. The molecule has 1 saturated heterocycles. The van der Waals surface area contributed by atoms with Gasteiger partial charge >= 0.3 is 5.76 Å². The fraction of sp³-hybridized carbons (Fsp3) is 0.385. The number of ether oxygens (including phenoxy) is 1. The molecule has 2 N–H and O–H groups in total. The van der Waals surface area contributed by atoms with Crippen molar-refractivity contribution in [2.45, 2.75) is 12.5 Å². The largest absolute Gasteiger partial charge is 0.417 e. The van der Waals surface area contributed by atoms with E-state index >= 15 is 0 Å². The molecule has 0 aliphatic carbocycles. The van der Waals surface area contributed by atoms with E-state index in [9.17, 15) is 9.59 Å². The first kappa shape index (κ1) is 12.1. The third-order valence-electron chi connectivity index (χ3n) is 3.17. The first-order valence-corrected chi connectivity index (χ1v) is 6.19. The lowest BCUT2D eigenvalue weighted by atomic mass is 10.0. The number of aromatic amines is 1. The monoisotopic (exact) mass is 262 g/mol. The van der Waals surface area contributed by atoms with Crippen LogP contribution >= 0.6 is 0 Å². The summed E-state index contributed by atoms with van der Waals surface area (Å²) >= 11 is 0. The van der Waals surface area contributed by atoms with Crippen LogP contribution in [0.4, 0.5) is 0 Å². The summed E-state index contributed by atoms with van der Waals surface area (Å²) in [5.74, 6) is -0.492. The van der Waals surface area contributed by atoms with Gasteiger partial charge in [-0.3, -0.25) is 9.78 Å². The predicted octanol–water partition coefficient (Wildman–Crippen LogP) is 0.682. The zero-order valence-electron chi connectivity index (χ0n) is 10.3. The molecule has 1 unspecified atom stereocenters.